The van der Waals surface area contributed by atoms with E-state index in [1.165, 1.54) is 28.8 Å². The first-order valence-electron chi connectivity index (χ1n) is 10.7. The first-order valence-corrected chi connectivity index (χ1v) is 11.5. The maximum absolute atomic E-state index is 12.6. The number of aryl methyl sites for hydroxylation is 1. The lowest BCUT2D eigenvalue weighted by Crippen LogP contribution is -2.34. The summed E-state index contributed by atoms with van der Waals surface area (Å²) in [6.07, 6.45) is 8.67. The molecule has 30 heavy (non-hydrogen) atoms. The Labute approximate surface area is 178 Å². The number of amides is 1. The second-order valence-corrected chi connectivity index (χ2v) is 9.63. The standard InChI is InChI=1S/C23H23N5OS/c29-22(25-9-13-1-2-13)14-4-6-18-19(8-14)30-23-20(18)21(26-12-27-23)28-17-5-3-15-10-24-11-16(15)7-17/h3,5,7,11-14H,1-2,4,6,8-10H2,(H,25,29)(H,26,27,28). The minimum absolute atomic E-state index is 0.0738. The van der Waals surface area contributed by atoms with Crippen molar-refractivity contribution in [3.8, 4) is 0 Å². The van der Waals surface area contributed by atoms with Gasteiger partial charge in [-0.2, -0.15) is 0 Å². The Morgan fingerprint density at radius 2 is 2.13 bits per heavy atom. The monoisotopic (exact) mass is 417 g/mol. The molecule has 0 saturated heterocycles. The second kappa shape index (κ2) is 7.16. The topological polar surface area (TPSA) is 79.3 Å². The molecule has 0 radical (unpaired) electrons. The van der Waals surface area contributed by atoms with Crippen molar-refractivity contribution in [1.29, 1.82) is 0 Å². The van der Waals surface area contributed by atoms with Crippen LogP contribution in [0.3, 0.4) is 0 Å². The summed E-state index contributed by atoms with van der Waals surface area (Å²) in [7, 11) is 0. The van der Waals surface area contributed by atoms with Gasteiger partial charge in [-0.1, -0.05) is 6.07 Å². The summed E-state index contributed by atoms with van der Waals surface area (Å²) >= 11 is 1.71. The van der Waals surface area contributed by atoms with Crippen LogP contribution in [-0.4, -0.2) is 28.6 Å². The molecule has 1 atom stereocenters. The van der Waals surface area contributed by atoms with Crippen LogP contribution in [0.15, 0.2) is 29.5 Å². The summed E-state index contributed by atoms with van der Waals surface area (Å²) < 4.78 is 0. The quantitative estimate of drug-likeness (QED) is 0.658. The average molecular weight is 418 g/mol. The Morgan fingerprint density at radius 3 is 3.03 bits per heavy atom. The summed E-state index contributed by atoms with van der Waals surface area (Å²) in [5, 5.41) is 7.77. The molecule has 152 valence electrons. The van der Waals surface area contributed by atoms with Gasteiger partial charge in [0.1, 0.15) is 17.0 Å². The minimum atomic E-state index is 0.0738. The Bertz CT molecular complexity index is 1180. The first-order chi connectivity index (χ1) is 14.7. The van der Waals surface area contributed by atoms with Crippen LogP contribution < -0.4 is 10.6 Å². The SMILES string of the molecule is O=C(NCC1CC1)C1CCc2c(sc3ncnc(Nc4ccc5c(c4)C=NC5)c23)C1. The molecule has 3 aromatic rings. The van der Waals surface area contributed by atoms with Crippen LogP contribution in [-0.2, 0) is 24.2 Å². The molecular weight excluding hydrogens is 394 g/mol. The normalized spacial score (nSPS) is 19.5. The van der Waals surface area contributed by atoms with Crippen LogP contribution >= 0.6 is 11.3 Å². The Kier molecular flexibility index (Phi) is 4.30. The lowest BCUT2D eigenvalue weighted by atomic mass is 9.87. The lowest BCUT2D eigenvalue weighted by Gasteiger charge is -2.22. The third kappa shape index (κ3) is 3.27. The van der Waals surface area contributed by atoms with Gasteiger partial charge in [0.15, 0.2) is 0 Å². The van der Waals surface area contributed by atoms with Gasteiger partial charge in [0.05, 0.1) is 11.9 Å². The van der Waals surface area contributed by atoms with Crippen molar-refractivity contribution in [2.24, 2.45) is 16.8 Å². The molecule has 1 fully saturated rings. The Morgan fingerprint density at radius 1 is 1.20 bits per heavy atom. The number of fused-ring (bicyclic) bond motifs is 4. The van der Waals surface area contributed by atoms with E-state index in [0.29, 0.717) is 5.92 Å². The number of hydrogen-bond acceptors (Lipinski definition) is 6. The molecule has 1 aliphatic heterocycles. The highest BCUT2D eigenvalue weighted by molar-refractivity contribution is 7.19. The maximum Gasteiger partial charge on any atom is 0.223 e. The fourth-order valence-electron chi connectivity index (χ4n) is 4.46. The number of hydrogen-bond donors (Lipinski definition) is 2. The molecule has 0 spiro atoms. The smallest absolute Gasteiger partial charge is 0.223 e. The molecule has 6 nitrogen and oxygen atoms in total. The highest BCUT2D eigenvalue weighted by Crippen LogP contribution is 2.40. The van der Waals surface area contributed by atoms with Crippen molar-refractivity contribution in [2.75, 3.05) is 11.9 Å². The number of aliphatic imine (C=N–C) groups is 1. The lowest BCUT2D eigenvalue weighted by molar-refractivity contribution is -0.125. The fraction of sp³-hybridized carbons (Fsp3) is 0.391. The molecule has 2 aromatic heterocycles. The van der Waals surface area contributed by atoms with Gasteiger partial charge < -0.3 is 10.6 Å². The van der Waals surface area contributed by atoms with Crippen LogP contribution in [0.1, 0.15) is 40.8 Å². The highest BCUT2D eigenvalue weighted by atomic mass is 32.1. The number of thiophene rings is 1. The van der Waals surface area contributed by atoms with E-state index in [1.807, 2.05) is 6.21 Å². The van der Waals surface area contributed by atoms with E-state index in [2.05, 4.69) is 43.8 Å². The van der Waals surface area contributed by atoms with Crippen molar-refractivity contribution < 1.29 is 4.79 Å². The van der Waals surface area contributed by atoms with E-state index < -0.39 is 0 Å². The second-order valence-electron chi connectivity index (χ2n) is 8.54. The van der Waals surface area contributed by atoms with E-state index in [-0.39, 0.29) is 11.8 Å². The third-order valence-electron chi connectivity index (χ3n) is 6.38. The molecule has 1 aromatic carbocycles. The van der Waals surface area contributed by atoms with E-state index in [4.69, 9.17) is 0 Å². The molecule has 0 bridgehead atoms. The molecule has 3 aliphatic rings. The first kappa shape index (κ1) is 18.0. The summed E-state index contributed by atoms with van der Waals surface area (Å²) in [5.74, 6) is 1.86. The van der Waals surface area contributed by atoms with Gasteiger partial charge in [-0.25, -0.2) is 9.97 Å². The third-order valence-corrected chi connectivity index (χ3v) is 7.54. The van der Waals surface area contributed by atoms with Crippen molar-refractivity contribution in [1.82, 2.24) is 15.3 Å². The van der Waals surface area contributed by atoms with Gasteiger partial charge in [0.25, 0.3) is 0 Å². The number of carbonyl (C=O) groups excluding carboxylic acids is 1. The van der Waals surface area contributed by atoms with Crippen LogP contribution in [0, 0.1) is 11.8 Å². The van der Waals surface area contributed by atoms with E-state index in [0.717, 1.165) is 59.6 Å². The number of benzene rings is 1. The van der Waals surface area contributed by atoms with Gasteiger partial charge in [-0.15, -0.1) is 11.3 Å². The number of rotatable bonds is 5. The van der Waals surface area contributed by atoms with E-state index >= 15 is 0 Å². The summed E-state index contributed by atoms with van der Waals surface area (Å²) in [5.41, 5.74) is 4.74. The summed E-state index contributed by atoms with van der Waals surface area (Å²) in [6, 6.07) is 6.33. The molecule has 6 rings (SSSR count). The molecule has 1 unspecified atom stereocenters. The van der Waals surface area contributed by atoms with Crippen molar-refractivity contribution in [2.45, 2.75) is 38.6 Å². The zero-order valence-electron chi connectivity index (χ0n) is 16.6. The minimum Gasteiger partial charge on any atom is -0.356 e. The van der Waals surface area contributed by atoms with E-state index in [9.17, 15) is 4.79 Å². The molecule has 1 saturated carbocycles. The van der Waals surface area contributed by atoms with Gasteiger partial charge in [0, 0.05) is 29.2 Å². The van der Waals surface area contributed by atoms with Crippen LogP contribution in [0.25, 0.3) is 10.2 Å². The van der Waals surface area contributed by atoms with Gasteiger partial charge >= 0.3 is 0 Å². The predicted molar refractivity (Wildman–Crippen MR) is 120 cm³/mol. The molecular formula is C23H23N5OS. The largest absolute Gasteiger partial charge is 0.356 e. The average Bonchev–Trinajstić information content (AvgIpc) is 3.34. The van der Waals surface area contributed by atoms with Crippen LogP contribution in [0.5, 0.6) is 0 Å². The number of nitrogens with zero attached hydrogens (tertiary/aromatic N) is 3. The van der Waals surface area contributed by atoms with Crippen molar-refractivity contribution in [3.05, 3.63) is 46.1 Å². The maximum atomic E-state index is 12.6. The molecule has 1 amide bonds. The van der Waals surface area contributed by atoms with Gasteiger partial charge in [-0.05, 0) is 66.8 Å². The zero-order valence-corrected chi connectivity index (χ0v) is 17.5. The predicted octanol–water partition coefficient (Wildman–Crippen LogP) is 4.00. The molecule has 3 heterocycles. The van der Waals surface area contributed by atoms with Crippen molar-refractivity contribution >= 4 is 45.2 Å². The van der Waals surface area contributed by atoms with Crippen molar-refractivity contribution in [3.63, 3.8) is 0 Å². The number of carbonyl (C=O) groups is 1. The summed E-state index contributed by atoms with van der Waals surface area (Å²) in [6.45, 7) is 1.61. The number of aromatic nitrogens is 2. The van der Waals surface area contributed by atoms with Crippen LogP contribution in [0.4, 0.5) is 11.5 Å². The molecule has 2 N–H and O–H groups in total. The van der Waals surface area contributed by atoms with Gasteiger partial charge in [-0.3, -0.25) is 9.79 Å². The Hall–Kier alpha value is -2.80. The van der Waals surface area contributed by atoms with E-state index in [1.54, 1.807) is 17.7 Å². The summed E-state index contributed by atoms with van der Waals surface area (Å²) in [4.78, 5) is 28.3. The van der Waals surface area contributed by atoms with Gasteiger partial charge in [0.2, 0.25) is 5.91 Å². The highest BCUT2D eigenvalue weighted by Gasteiger charge is 2.30. The molecule has 2 aliphatic carbocycles. The number of nitrogens with one attached hydrogen (secondary N) is 2. The fourth-order valence-corrected chi connectivity index (χ4v) is 5.72. The Balaban J connectivity index is 1.27. The number of anilines is 2. The van der Waals surface area contributed by atoms with Crippen LogP contribution in [0.2, 0.25) is 0 Å². The molecule has 7 heteroatoms. The zero-order chi connectivity index (χ0) is 20.1.